The lowest BCUT2D eigenvalue weighted by Crippen LogP contribution is -2.48. The quantitative estimate of drug-likeness (QED) is 0.260. The third kappa shape index (κ3) is 7.87. The van der Waals surface area contributed by atoms with Crippen molar-refractivity contribution in [1.82, 2.24) is 10.7 Å². The first-order valence-electron chi connectivity index (χ1n) is 10.6. The van der Waals surface area contributed by atoms with Crippen LogP contribution in [0.3, 0.4) is 0 Å². The minimum Gasteiger partial charge on any atom is -0.493 e. The van der Waals surface area contributed by atoms with Crippen LogP contribution in [-0.4, -0.2) is 50.4 Å². The number of hydrazone groups is 1. The molecule has 34 heavy (non-hydrogen) atoms. The van der Waals surface area contributed by atoms with Gasteiger partial charge in [0.05, 0.1) is 24.4 Å². The van der Waals surface area contributed by atoms with Crippen LogP contribution in [0.1, 0.15) is 36.7 Å². The lowest BCUT2D eigenvalue weighted by atomic mass is 10.0. The Balaban J connectivity index is 2.05. The molecule has 0 saturated carbocycles. The van der Waals surface area contributed by atoms with Gasteiger partial charge in [-0.3, -0.25) is 9.59 Å². The minimum absolute atomic E-state index is 0.159. The van der Waals surface area contributed by atoms with Gasteiger partial charge in [0.25, 0.3) is 11.8 Å². The van der Waals surface area contributed by atoms with E-state index in [0.29, 0.717) is 27.1 Å². The van der Waals surface area contributed by atoms with Crippen LogP contribution < -0.4 is 20.2 Å². The molecule has 2 aromatic carbocycles. The molecular weight excluding hydrogens is 506 g/mol. The predicted octanol–water partition coefficient (Wildman–Crippen LogP) is 3.30. The van der Waals surface area contributed by atoms with Crippen LogP contribution in [0.5, 0.6) is 11.5 Å². The van der Waals surface area contributed by atoms with Crippen molar-refractivity contribution >= 4 is 39.9 Å². The van der Waals surface area contributed by atoms with Gasteiger partial charge in [0.1, 0.15) is 6.04 Å². The summed E-state index contributed by atoms with van der Waals surface area (Å²) in [6.07, 6.45) is 1.43. The van der Waals surface area contributed by atoms with E-state index >= 15 is 0 Å². The highest BCUT2D eigenvalue weighted by molar-refractivity contribution is 9.10. The molecule has 182 valence electrons. The monoisotopic (exact) mass is 533 g/mol. The average molecular weight is 534 g/mol. The van der Waals surface area contributed by atoms with Crippen LogP contribution in [0.4, 0.5) is 0 Å². The zero-order valence-electron chi connectivity index (χ0n) is 19.5. The van der Waals surface area contributed by atoms with E-state index in [1.54, 1.807) is 43.3 Å². The Morgan fingerprint density at radius 1 is 1.15 bits per heavy atom. The third-order valence-electron chi connectivity index (χ3n) is 4.55. The number of nitrogens with zero attached hydrogens (tertiary/aromatic N) is 1. The van der Waals surface area contributed by atoms with E-state index in [1.807, 2.05) is 19.9 Å². The molecule has 0 fully saturated rings. The highest BCUT2D eigenvalue weighted by atomic mass is 79.9. The van der Waals surface area contributed by atoms with E-state index in [1.165, 1.54) is 13.3 Å². The molecule has 0 radical (unpaired) electrons. The van der Waals surface area contributed by atoms with Crippen LogP contribution in [-0.2, 0) is 14.3 Å². The standard InChI is InChI=1S/C24H28BrN3O6/c1-5-33-20(29)14-34-22-18(25)11-16(12-19(22)32-4)13-26-28-24(31)21(15(2)3)27-23(30)17-9-7-6-8-10-17/h6-13,15,21H,5,14H2,1-4H3,(H,27,30)(H,28,31). The topological polar surface area (TPSA) is 115 Å². The van der Waals surface area contributed by atoms with Gasteiger partial charge in [-0.25, -0.2) is 10.2 Å². The largest absolute Gasteiger partial charge is 0.493 e. The Morgan fingerprint density at radius 2 is 1.85 bits per heavy atom. The molecule has 0 saturated heterocycles. The fourth-order valence-electron chi connectivity index (χ4n) is 2.88. The van der Waals surface area contributed by atoms with Crippen molar-refractivity contribution in [2.75, 3.05) is 20.3 Å². The maximum absolute atomic E-state index is 12.7. The molecule has 1 atom stereocenters. The summed E-state index contributed by atoms with van der Waals surface area (Å²) in [4.78, 5) is 36.7. The number of benzene rings is 2. The molecule has 0 aliphatic rings. The van der Waals surface area contributed by atoms with Gasteiger partial charge < -0.3 is 19.5 Å². The second kappa shape index (κ2) is 13.3. The van der Waals surface area contributed by atoms with Gasteiger partial charge in [0, 0.05) is 5.56 Å². The molecule has 0 spiro atoms. The molecule has 0 bridgehead atoms. The number of hydrogen-bond donors (Lipinski definition) is 2. The SMILES string of the molecule is CCOC(=O)COc1c(Br)cc(C=NNC(=O)C(NC(=O)c2ccccc2)C(C)C)cc1OC. The van der Waals surface area contributed by atoms with Crippen LogP contribution in [0.15, 0.2) is 52.0 Å². The number of methoxy groups -OCH3 is 1. The molecule has 9 nitrogen and oxygen atoms in total. The second-order valence-electron chi connectivity index (χ2n) is 7.42. The number of ether oxygens (including phenoxy) is 3. The van der Waals surface area contributed by atoms with Gasteiger partial charge in [-0.2, -0.15) is 5.10 Å². The maximum atomic E-state index is 12.7. The summed E-state index contributed by atoms with van der Waals surface area (Å²) in [6, 6.07) is 11.2. The Labute approximate surface area is 207 Å². The molecule has 2 aromatic rings. The molecule has 0 aliphatic heterocycles. The number of rotatable bonds is 11. The molecule has 2 N–H and O–H groups in total. The smallest absolute Gasteiger partial charge is 0.344 e. The lowest BCUT2D eigenvalue weighted by molar-refractivity contribution is -0.145. The van der Waals surface area contributed by atoms with Crippen molar-refractivity contribution < 1.29 is 28.6 Å². The number of nitrogens with one attached hydrogen (secondary N) is 2. The average Bonchev–Trinajstić information content (AvgIpc) is 2.81. The summed E-state index contributed by atoms with van der Waals surface area (Å²) in [5.41, 5.74) is 3.53. The second-order valence-corrected chi connectivity index (χ2v) is 8.28. The van der Waals surface area contributed by atoms with E-state index in [0.717, 1.165) is 0 Å². The van der Waals surface area contributed by atoms with Gasteiger partial charge in [-0.1, -0.05) is 32.0 Å². The first kappa shape index (κ1) is 26.8. The maximum Gasteiger partial charge on any atom is 0.344 e. The Morgan fingerprint density at radius 3 is 2.47 bits per heavy atom. The van der Waals surface area contributed by atoms with E-state index in [2.05, 4.69) is 31.8 Å². The summed E-state index contributed by atoms with van der Waals surface area (Å²) >= 11 is 3.39. The molecule has 2 rings (SSSR count). The third-order valence-corrected chi connectivity index (χ3v) is 5.14. The van der Waals surface area contributed by atoms with Crippen LogP contribution in [0, 0.1) is 5.92 Å². The first-order chi connectivity index (χ1) is 16.3. The van der Waals surface area contributed by atoms with Crippen LogP contribution in [0.25, 0.3) is 0 Å². The Hall–Kier alpha value is -3.40. The van der Waals surface area contributed by atoms with Gasteiger partial charge in [0.2, 0.25) is 0 Å². The summed E-state index contributed by atoms with van der Waals surface area (Å²) in [6.45, 7) is 5.36. The molecule has 1 unspecified atom stereocenters. The zero-order chi connectivity index (χ0) is 25.1. The fourth-order valence-corrected chi connectivity index (χ4v) is 3.45. The molecular formula is C24H28BrN3O6. The predicted molar refractivity (Wildman–Crippen MR) is 131 cm³/mol. The van der Waals surface area contributed by atoms with Gasteiger partial charge in [0.15, 0.2) is 18.1 Å². The molecule has 0 aliphatic carbocycles. The number of carbonyl (C=O) groups excluding carboxylic acids is 3. The van der Waals surface area contributed by atoms with Crippen molar-refractivity contribution in [3.8, 4) is 11.5 Å². The molecule has 10 heteroatoms. The number of hydrogen-bond acceptors (Lipinski definition) is 7. The van der Waals surface area contributed by atoms with Crippen molar-refractivity contribution in [2.24, 2.45) is 11.0 Å². The van der Waals surface area contributed by atoms with Crippen LogP contribution in [0.2, 0.25) is 0 Å². The van der Waals surface area contributed by atoms with Gasteiger partial charge in [-0.15, -0.1) is 0 Å². The molecule has 0 aromatic heterocycles. The highest BCUT2D eigenvalue weighted by Crippen LogP contribution is 2.36. The summed E-state index contributed by atoms with van der Waals surface area (Å²) in [5.74, 6) is -0.750. The fraction of sp³-hybridized carbons (Fsp3) is 0.333. The summed E-state index contributed by atoms with van der Waals surface area (Å²) in [7, 11) is 1.46. The lowest BCUT2D eigenvalue weighted by Gasteiger charge is -2.20. The zero-order valence-corrected chi connectivity index (χ0v) is 21.0. The number of esters is 1. The van der Waals surface area contributed by atoms with Gasteiger partial charge >= 0.3 is 5.97 Å². The Bertz CT molecular complexity index is 1030. The van der Waals surface area contributed by atoms with E-state index < -0.39 is 17.9 Å². The number of halogens is 1. The van der Waals surface area contributed by atoms with Crippen LogP contribution >= 0.6 is 15.9 Å². The van der Waals surface area contributed by atoms with Crippen molar-refractivity contribution in [2.45, 2.75) is 26.8 Å². The van der Waals surface area contributed by atoms with E-state index in [4.69, 9.17) is 14.2 Å². The minimum atomic E-state index is -0.773. The highest BCUT2D eigenvalue weighted by Gasteiger charge is 2.24. The van der Waals surface area contributed by atoms with E-state index in [9.17, 15) is 14.4 Å². The first-order valence-corrected chi connectivity index (χ1v) is 11.4. The van der Waals surface area contributed by atoms with Crippen molar-refractivity contribution in [3.63, 3.8) is 0 Å². The van der Waals surface area contributed by atoms with Crippen molar-refractivity contribution in [3.05, 3.63) is 58.1 Å². The van der Waals surface area contributed by atoms with Crippen molar-refractivity contribution in [1.29, 1.82) is 0 Å². The molecule has 2 amide bonds. The normalized spacial score (nSPS) is 11.7. The number of amides is 2. The van der Waals surface area contributed by atoms with Gasteiger partial charge in [-0.05, 0) is 58.6 Å². The number of carbonyl (C=O) groups is 3. The Kier molecular flexibility index (Phi) is 10.5. The molecule has 0 heterocycles. The summed E-state index contributed by atoms with van der Waals surface area (Å²) in [5, 5.41) is 6.74. The summed E-state index contributed by atoms with van der Waals surface area (Å²) < 4.78 is 16.2. The van der Waals surface area contributed by atoms with E-state index in [-0.39, 0.29) is 25.0 Å².